The number of ether oxygens (including phenoxy) is 3. The maximum atomic E-state index is 11.1. The molecule has 21 heavy (non-hydrogen) atoms. The van der Waals surface area contributed by atoms with Gasteiger partial charge in [-0.15, -0.1) is 0 Å². The molecule has 0 saturated carbocycles. The molecule has 124 valence electrons. The monoisotopic (exact) mass is 304 g/mol. The van der Waals surface area contributed by atoms with Crippen molar-refractivity contribution in [1.29, 1.82) is 0 Å². The van der Waals surface area contributed by atoms with Crippen LogP contribution in [-0.2, 0) is 19.0 Å². The van der Waals surface area contributed by atoms with E-state index in [9.17, 15) is 9.59 Å². The van der Waals surface area contributed by atoms with Crippen LogP contribution in [0.25, 0.3) is 0 Å². The summed E-state index contributed by atoms with van der Waals surface area (Å²) in [5, 5.41) is 3.27. The van der Waals surface area contributed by atoms with E-state index in [1.807, 2.05) is 34.6 Å². The predicted molar refractivity (Wildman–Crippen MR) is 78.9 cm³/mol. The van der Waals surface area contributed by atoms with Crippen LogP contribution in [-0.4, -0.2) is 62.1 Å². The fourth-order valence-electron chi connectivity index (χ4n) is 1.69. The number of nitrogens with one attached hydrogen (secondary N) is 1. The van der Waals surface area contributed by atoms with Crippen LogP contribution in [0.2, 0.25) is 0 Å². The number of carbonyl (C=O) groups excluding carboxylic acids is 2. The Labute approximate surface area is 126 Å². The van der Waals surface area contributed by atoms with Crippen LogP contribution in [0, 0.1) is 0 Å². The highest BCUT2D eigenvalue weighted by Crippen LogP contribution is 2.14. The van der Waals surface area contributed by atoms with Gasteiger partial charge in [0.2, 0.25) is 0 Å². The Balaban J connectivity index is 0.000000486. The molecule has 0 spiro atoms. The van der Waals surface area contributed by atoms with Crippen molar-refractivity contribution < 1.29 is 23.8 Å². The number of hydrogen-bond acceptors (Lipinski definition) is 6. The molecule has 0 aliphatic carbocycles. The highest BCUT2D eigenvalue weighted by molar-refractivity contribution is 5.66. The molecule has 1 aliphatic heterocycles. The average Bonchev–Trinajstić information content (AvgIpc) is 2.66. The lowest BCUT2D eigenvalue weighted by Gasteiger charge is -2.21. The number of amides is 1. The largest absolute Gasteiger partial charge is 0.462 e. The Hall–Kier alpha value is -1.34. The fraction of sp³-hybridized carbons (Fsp3) is 0.857. The molecule has 1 rings (SSSR count). The van der Waals surface area contributed by atoms with Gasteiger partial charge in [-0.2, -0.15) is 0 Å². The molecule has 1 aliphatic rings. The van der Waals surface area contributed by atoms with Crippen LogP contribution in [0.15, 0.2) is 0 Å². The molecule has 1 saturated heterocycles. The van der Waals surface area contributed by atoms with E-state index in [0.29, 0.717) is 19.6 Å². The molecule has 1 amide bonds. The lowest BCUT2D eigenvalue weighted by atomic mass is 10.2. The molecule has 0 aromatic heterocycles. The normalized spacial score (nSPS) is 20.0. The molecule has 0 aromatic rings. The van der Waals surface area contributed by atoms with Crippen molar-refractivity contribution in [1.82, 2.24) is 10.2 Å². The first kappa shape index (κ1) is 19.7. The Morgan fingerprint density at radius 2 is 2.05 bits per heavy atom. The highest BCUT2D eigenvalue weighted by Gasteiger charge is 2.31. The van der Waals surface area contributed by atoms with Gasteiger partial charge in [0, 0.05) is 13.6 Å². The zero-order valence-corrected chi connectivity index (χ0v) is 14.1. The number of nitrogens with zero attached hydrogens (tertiary/aromatic N) is 1. The summed E-state index contributed by atoms with van der Waals surface area (Å²) < 4.78 is 14.6. The van der Waals surface area contributed by atoms with Gasteiger partial charge in [0.15, 0.2) is 0 Å². The topological polar surface area (TPSA) is 77.1 Å². The summed E-state index contributed by atoms with van der Waals surface area (Å²) >= 11 is 0. The molecule has 0 radical (unpaired) electrons. The van der Waals surface area contributed by atoms with Crippen LogP contribution in [0.3, 0.4) is 0 Å². The maximum absolute atomic E-state index is 11.1. The van der Waals surface area contributed by atoms with E-state index in [1.54, 1.807) is 7.05 Å². The van der Waals surface area contributed by atoms with Crippen molar-refractivity contribution in [3.63, 3.8) is 0 Å². The number of hydrogen-bond donors (Lipinski definition) is 1. The second-order valence-corrected chi connectivity index (χ2v) is 6.34. The second kappa shape index (κ2) is 8.19. The van der Waals surface area contributed by atoms with Crippen LogP contribution in [0.4, 0.5) is 4.79 Å². The maximum Gasteiger partial charge on any atom is 0.409 e. The molecule has 1 N–H and O–H groups in total. The van der Waals surface area contributed by atoms with Crippen molar-refractivity contribution in [2.24, 2.45) is 0 Å². The zero-order valence-electron chi connectivity index (χ0n) is 14.1. The third-order valence-electron chi connectivity index (χ3n) is 2.58. The van der Waals surface area contributed by atoms with E-state index in [1.165, 1.54) is 12.0 Å². The van der Waals surface area contributed by atoms with E-state index in [-0.39, 0.29) is 23.5 Å². The van der Waals surface area contributed by atoms with Gasteiger partial charge in [-0.3, -0.25) is 10.1 Å². The molecule has 0 aromatic carbocycles. The Bertz CT molecular complexity index is 339. The number of methoxy groups -OCH3 is 1. The Morgan fingerprint density at radius 3 is 2.33 bits per heavy atom. The summed E-state index contributed by atoms with van der Waals surface area (Å²) in [5.41, 5.74) is -0.608. The minimum atomic E-state index is -0.323. The summed E-state index contributed by atoms with van der Waals surface area (Å²) in [4.78, 5) is 22.2. The SMILES string of the molecule is CC(C)(C)OC=O.COC(=O)N(C)CC1COC(C)(C)N1. The third kappa shape index (κ3) is 9.25. The quantitative estimate of drug-likeness (QED) is 0.794. The molecule has 1 fully saturated rings. The second-order valence-electron chi connectivity index (χ2n) is 6.34. The lowest BCUT2D eigenvalue weighted by molar-refractivity contribution is -0.138. The van der Waals surface area contributed by atoms with E-state index in [0.717, 1.165) is 0 Å². The molecule has 7 nitrogen and oxygen atoms in total. The summed E-state index contributed by atoms with van der Waals surface area (Å²) in [5.74, 6) is 0. The first-order valence-electron chi connectivity index (χ1n) is 6.83. The predicted octanol–water partition coefficient (Wildman–Crippen LogP) is 1.37. The standard InChI is InChI=1S/C9H18N2O3.C5H10O2/c1-9(2)10-7(6-14-9)5-11(3)8(12)13-4;1-5(2,3)7-4-6/h7,10H,5-6H2,1-4H3;4H,1-3H3. The minimum Gasteiger partial charge on any atom is -0.462 e. The first-order chi connectivity index (χ1) is 9.50. The Morgan fingerprint density at radius 1 is 1.48 bits per heavy atom. The summed E-state index contributed by atoms with van der Waals surface area (Å²) in [6.07, 6.45) is -0.323. The summed E-state index contributed by atoms with van der Waals surface area (Å²) in [6, 6.07) is 0.175. The lowest BCUT2D eigenvalue weighted by Crippen LogP contribution is -2.45. The molecular formula is C14H28N2O5. The molecular weight excluding hydrogens is 276 g/mol. The number of carbonyl (C=O) groups is 2. The third-order valence-corrected chi connectivity index (χ3v) is 2.58. The van der Waals surface area contributed by atoms with Crippen LogP contribution >= 0.6 is 0 Å². The summed E-state index contributed by atoms with van der Waals surface area (Å²) in [6.45, 7) is 11.1. The van der Waals surface area contributed by atoms with Gasteiger partial charge in [-0.1, -0.05) is 0 Å². The van der Waals surface area contributed by atoms with Crippen molar-refractivity contribution in [3.05, 3.63) is 0 Å². The molecule has 1 unspecified atom stereocenters. The minimum absolute atomic E-state index is 0.175. The van der Waals surface area contributed by atoms with Gasteiger partial charge in [0.25, 0.3) is 6.47 Å². The molecule has 1 atom stereocenters. The van der Waals surface area contributed by atoms with Crippen molar-refractivity contribution in [3.8, 4) is 0 Å². The average molecular weight is 304 g/mol. The number of likely N-dealkylation sites (N-methyl/N-ethyl adjacent to an activating group) is 1. The van der Waals surface area contributed by atoms with E-state index in [2.05, 4.69) is 14.8 Å². The Kier molecular flexibility index (Phi) is 7.67. The molecule has 1 heterocycles. The van der Waals surface area contributed by atoms with E-state index < -0.39 is 0 Å². The van der Waals surface area contributed by atoms with Crippen LogP contribution in [0.1, 0.15) is 34.6 Å². The smallest absolute Gasteiger partial charge is 0.409 e. The molecule has 7 heteroatoms. The van der Waals surface area contributed by atoms with Gasteiger partial charge in [-0.05, 0) is 34.6 Å². The van der Waals surface area contributed by atoms with Gasteiger partial charge in [0.05, 0.1) is 19.8 Å². The number of rotatable bonds is 3. The van der Waals surface area contributed by atoms with Crippen molar-refractivity contribution in [2.45, 2.75) is 52.0 Å². The zero-order chi connectivity index (χ0) is 16.7. The fourth-order valence-corrected chi connectivity index (χ4v) is 1.69. The van der Waals surface area contributed by atoms with E-state index >= 15 is 0 Å². The summed E-state index contributed by atoms with van der Waals surface area (Å²) in [7, 11) is 3.08. The van der Waals surface area contributed by atoms with Gasteiger partial charge < -0.3 is 19.1 Å². The first-order valence-corrected chi connectivity index (χ1v) is 6.83. The highest BCUT2D eigenvalue weighted by atomic mass is 16.5. The van der Waals surface area contributed by atoms with E-state index in [4.69, 9.17) is 4.74 Å². The van der Waals surface area contributed by atoms with Crippen molar-refractivity contribution in [2.75, 3.05) is 27.3 Å². The van der Waals surface area contributed by atoms with Gasteiger partial charge >= 0.3 is 6.09 Å². The van der Waals surface area contributed by atoms with Gasteiger partial charge in [-0.25, -0.2) is 4.79 Å². The molecule has 0 bridgehead atoms. The van der Waals surface area contributed by atoms with Gasteiger partial charge in [0.1, 0.15) is 11.3 Å². The van der Waals surface area contributed by atoms with Crippen molar-refractivity contribution >= 4 is 12.6 Å². The van der Waals surface area contributed by atoms with Crippen LogP contribution < -0.4 is 5.32 Å². The van der Waals surface area contributed by atoms with Crippen LogP contribution in [0.5, 0.6) is 0 Å².